The summed E-state index contributed by atoms with van der Waals surface area (Å²) in [5.74, 6) is 5.89. The number of thioether (sulfide) groups is 1. The molecule has 0 saturated carbocycles. The monoisotopic (exact) mass is 340 g/mol. The minimum absolute atomic E-state index is 0.205. The second-order valence-corrected chi connectivity index (χ2v) is 7.85. The van der Waals surface area contributed by atoms with Crippen LogP contribution in [0.5, 0.6) is 0 Å². The normalized spacial score (nSPS) is 19.0. The first-order valence-electron chi connectivity index (χ1n) is 6.72. The molecule has 22 heavy (non-hydrogen) atoms. The average Bonchev–Trinajstić information content (AvgIpc) is 2.64. The van der Waals surface area contributed by atoms with E-state index in [0.717, 1.165) is 16.2 Å². The Kier molecular flexibility index (Phi) is 4.72. The molecule has 1 aliphatic rings. The number of hydrogen-bond acceptors (Lipinski definition) is 6. The fourth-order valence-corrected chi connectivity index (χ4v) is 5.16. The second kappa shape index (κ2) is 6.08. The van der Waals surface area contributed by atoms with Gasteiger partial charge < -0.3 is 0 Å². The van der Waals surface area contributed by atoms with Crippen LogP contribution >= 0.6 is 11.8 Å². The van der Waals surface area contributed by atoms with Gasteiger partial charge in [0.2, 0.25) is 5.56 Å². The SMILES string of the molecule is C=CC1=C(C)N(N)C(OS(=O)(=O)c2c(C)cc(C)cc2C)S1. The van der Waals surface area contributed by atoms with Gasteiger partial charge in [-0.1, -0.05) is 42.1 Å². The molecule has 5 nitrogen and oxygen atoms in total. The van der Waals surface area contributed by atoms with Crippen molar-refractivity contribution in [2.24, 2.45) is 5.84 Å². The molecule has 0 aromatic heterocycles. The number of benzene rings is 1. The largest absolute Gasteiger partial charge is 0.300 e. The molecule has 7 heteroatoms. The van der Waals surface area contributed by atoms with E-state index in [4.69, 9.17) is 10.0 Å². The van der Waals surface area contributed by atoms with Crippen molar-refractivity contribution in [3.8, 4) is 0 Å². The Morgan fingerprint density at radius 3 is 2.27 bits per heavy atom. The van der Waals surface area contributed by atoms with Crippen molar-refractivity contribution >= 4 is 21.9 Å². The molecule has 0 bridgehead atoms. The van der Waals surface area contributed by atoms with E-state index >= 15 is 0 Å². The van der Waals surface area contributed by atoms with E-state index in [1.54, 1.807) is 26.8 Å². The molecule has 120 valence electrons. The van der Waals surface area contributed by atoms with E-state index in [9.17, 15) is 8.42 Å². The summed E-state index contributed by atoms with van der Waals surface area (Å²) >= 11 is 1.22. The number of rotatable bonds is 4. The van der Waals surface area contributed by atoms with Crippen molar-refractivity contribution in [1.82, 2.24) is 5.01 Å². The zero-order valence-electron chi connectivity index (χ0n) is 13.1. The van der Waals surface area contributed by atoms with Crippen LogP contribution in [-0.4, -0.2) is 19.0 Å². The third-order valence-corrected chi connectivity index (χ3v) is 6.39. The molecule has 1 aliphatic heterocycles. The topological polar surface area (TPSA) is 72.6 Å². The van der Waals surface area contributed by atoms with Crippen LogP contribution in [0.15, 0.2) is 40.3 Å². The maximum atomic E-state index is 12.6. The Labute approximate surface area is 135 Å². The van der Waals surface area contributed by atoms with E-state index < -0.39 is 15.7 Å². The molecule has 0 spiro atoms. The van der Waals surface area contributed by atoms with Crippen LogP contribution in [0.4, 0.5) is 0 Å². The summed E-state index contributed by atoms with van der Waals surface area (Å²) in [5.41, 5.74) is 2.25. The van der Waals surface area contributed by atoms with E-state index in [1.165, 1.54) is 16.8 Å². The van der Waals surface area contributed by atoms with Gasteiger partial charge in [0.15, 0.2) is 0 Å². The Hall–Kier alpha value is -1.28. The maximum absolute atomic E-state index is 12.6. The molecule has 0 amide bonds. The van der Waals surface area contributed by atoms with Gasteiger partial charge in [0.25, 0.3) is 10.1 Å². The molecule has 0 fully saturated rings. The average molecular weight is 340 g/mol. The molecule has 1 atom stereocenters. The van der Waals surface area contributed by atoms with Gasteiger partial charge in [0, 0.05) is 10.6 Å². The van der Waals surface area contributed by atoms with Gasteiger partial charge in [-0.25, -0.2) is 10.0 Å². The molecule has 1 aromatic rings. The minimum Gasteiger partial charge on any atom is -0.276 e. The maximum Gasteiger partial charge on any atom is 0.300 e. The van der Waals surface area contributed by atoms with E-state index in [0.29, 0.717) is 11.1 Å². The van der Waals surface area contributed by atoms with Crippen molar-refractivity contribution in [3.05, 3.63) is 52.1 Å². The van der Waals surface area contributed by atoms with Gasteiger partial charge in [0.1, 0.15) is 4.90 Å². The lowest BCUT2D eigenvalue weighted by Crippen LogP contribution is -2.37. The summed E-state index contributed by atoms with van der Waals surface area (Å²) in [6.07, 6.45) is 1.64. The first-order valence-corrected chi connectivity index (χ1v) is 9.01. The highest BCUT2D eigenvalue weighted by Crippen LogP contribution is 2.38. The number of allylic oxidation sites excluding steroid dienone is 2. The van der Waals surface area contributed by atoms with E-state index in [2.05, 4.69) is 6.58 Å². The molecular formula is C15H20N2O3S2. The van der Waals surface area contributed by atoms with Crippen LogP contribution in [0.25, 0.3) is 0 Å². The molecule has 1 aromatic carbocycles. The van der Waals surface area contributed by atoms with Gasteiger partial charge in [0.05, 0.1) is 0 Å². The lowest BCUT2D eigenvalue weighted by atomic mass is 10.1. The van der Waals surface area contributed by atoms with Crippen LogP contribution in [0.2, 0.25) is 0 Å². The predicted octanol–water partition coefficient (Wildman–Crippen LogP) is 2.94. The van der Waals surface area contributed by atoms with Crippen LogP contribution in [0, 0.1) is 20.8 Å². The summed E-state index contributed by atoms with van der Waals surface area (Å²) < 4.78 is 30.6. The van der Waals surface area contributed by atoms with Gasteiger partial charge in [-0.15, -0.1) is 0 Å². The quantitative estimate of drug-likeness (QED) is 0.671. The molecule has 0 radical (unpaired) electrons. The second-order valence-electron chi connectivity index (χ2n) is 5.26. The van der Waals surface area contributed by atoms with E-state index in [-0.39, 0.29) is 4.90 Å². The Balaban J connectivity index is 2.33. The Morgan fingerprint density at radius 1 is 1.27 bits per heavy atom. The summed E-state index contributed by atoms with van der Waals surface area (Å²) in [5, 5.41) is 1.30. The fraction of sp³-hybridized carbons (Fsp3) is 0.333. The Morgan fingerprint density at radius 2 is 1.82 bits per heavy atom. The number of aryl methyl sites for hydroxylation is 3. The highest BCUT2D eigenvalue weighted by molar-refractivity contribution is 8.04. The zero-order valence-corrected chi connectivity index (χ0v) is 14.7. The highest BCUT2D eigenvalue weighted by Gasteiger charge is 2.34. The number of hydrogen-bond donors (Lipinski definition) is 1. The van der Waals surface area contributed by atoms with Crippen molar-refractivity contribution in [2.75, 3.05) is 0 Å². The molecule has 1 heterocycles. The molecule has 2 rings (SSSR count). The third-order valence-electron chi connectivity index (χ3n) is 3.45. The standard InChI is InChI=1S/C15H20N2O3S2/c1-6-13-12(5)17(16)15(21-13)20-22(18,19)14-10(3)7-9(2)8-11(14)4/h6-8,15H,1,16H2,2-5H3. The first-order chi connectivity index (χ1) is 10.2. The number of hydrazine groups is 1. The molecular weight excluding hydrogens is 320 g/mol. The smallest absolute Gasteiger partial charge is 0.276 e. The number of nitrogens with two attached hydrogens (primary N) is 1. The minimum atomic E-state index is -3.91. The van der Waals surface area contributed by atoms with Gasteiger partial charge in [-0.05, 0) is 38.8 Å². The first kappa shape index (κ1) is 17.1. The van der Waals surface area contributed by atoms with Gasteiger partial charge in [-0.2, -0.15) is 8.42 Å². The number of nitrogens with zero attached hydrogens (tertiary/aromatic N) is 1. The predicted molar refractivity (Wildman–Crippen MR) is 89.2 cm³/mol. The van der Waals surface area contributed by atoms with E-state index in [1.807, 2.05) is 19.1 Å². The summed E-state index contributed by atoms with van der Waals surface area (Å²) in [7, 11) is -3.91. The molecule has 1 unspecified atom stereocenters. The van der Waals surface area contributed by atoms with Crippen molar-refractivity contribution in [3.63, 3.8) is 0 Å². The molecule has 2 N–H and O–H groups in total. The summed E-state index contributed by atoms with van der Waals surface area (Å²) in [4.78, 5) is 1.01. The molecule has 0 aliphatic carbocycles. The summed E-state index contributed by atoms with van der Waals surface area (Å²) in [6, 6.07) is 3.65. The Bertz CT molecular complexity index is 731. The van der Waals surface area contributed by atoms with Crippen molar-refractivity contribution in [1.29, 1.82) is 0 Å². The fourth-order valence-electron chi connectivity index (χ4n) is 2.52. The summed E-state index contributed by atoms with van der Waals surface area (Å²) in [6.45, 7) is 10.9. The molecule has 0 saturated heterocycles. The van der Waals surface area contributed by atoms with Crippen molar-refractivity contribution in [2.45, 2.75) is 38.2 Å². The lowest BCUT2D eigenvalue weighted by molar-refractivity contribution is 0.140. The van der Waals surface area contributed by atoms with Gasteiger partial charge in [-0.3, -0.25) is 5.01 Å². The van der Waals surface area contributed by atoms with Crippen molar-refractivity contribution < 1.29 is 12.6 Å². The lowest BCUT2D eigenvalue weighted by Gasteiger charge is -2.22. The van der Waals surface area contributed by atoms with Crippen LogP contribution < -0.4 is 5.84 Å². The zero-order chi connectivity index (χ0) is 16.7. The highest BCUT2D eigenvalue weighted by atomic mass is 32.2. The van der Waals surface area contributed by atoms with Crippen LogP contribution in [-0.2, 0) is 14.3 Å². The van der Waals surface area contributed by atoms with Gasteiger partial charge >= 0.3 is 0 Å². The van der Waals surface area contributed by atoms with Crippen LogP contribution in [0.1, 0.15) is 23.6 Å². The van der Waals surface area contributed by atoms with Crippen LogP contribution in [0.3, 0.4) is 0 Å². The third kappa shape index (κ3) is 3.08.